The van der Waals surface area contributed by atoms with Crippen LogP contribution in [0.25, 0.3) is 66.9 Å². The molecule has 141 heavy (non-hydrogen) atoms. The zero-order chi connectivity index (χ0) is 103. The number of methoxy groups -OCH3 is 4. The maximum Gasteiger partial charge on any atom is 0.307 e. The highest BCUT2D eigenvalue weighted by molar-refractivity contribution is 6.66. The minimum Gasteiger partial charge on any atom is -0.494 e. The predicted molar refractivity (Wildman–Crippen MR) is 556 cm³/mol. The first-order valence-corrected chi connectivity index (χ1v) is 44.6. The molecule has 37 nitrogen and oxygen atoms in total. The number of aliphatic hydroxyl groups excluding tert-OH is 1. The third-order valence-electron chi connectivity index (χ3n) is 21.4. The van der Waals surface area contributed by atoms with Gasteiger partial charge in [0.1, 0.15) is 52.0 Å². The molecule has 0 aliphatic heterocycles. The van der Waals surface area contributed by atoms with Crippen LogP contribution in [0, 0.1) is 69.7 Å². The number of unbranched alkanes of at least 4 members (excludes halogenated alkanes) is 1. The highest BCUT2D eigenvalue weighted by Crippen LogP contribution is 2.42. The van der Waals surface area contributed by atoms with Crippen molar-refractivity contribution in [3.8, 4) is 46.3 Å². The van der Waals surface area contributed by atoms with Gasteiger partial charge in [0.25, 0.3) is 5.69 Å². The zero-order valence-electron chi connectivity index (χ0n) is 81.6. The number of carbonyl (C=O) groups is 1. The molecule has 16 aromatic rings. The van der Waals surface area contributed by atoms with Crippen LogP contribution in [0.15, 0.2) is 232 Å². The van der Waals surface area contributed by atoms with E-state index >= 15 is 0 Å². The number of halogens is 4. The van der Waals surface area contributed by atoms with Crippen LogP contribution < -0.4 is 56.2 Å². The Hall–Kier alpha value is -16.1. The number of para-hydroxylation sites is 4. The van der Waals surface area contributed by atoms with Crippen LogP contribution in [0.5, 0.6) is 23.0 Å². The van der Waals surface area contributed by atoms with Crippen molar-refractivity contribution in [3.63, 3.8) is 0 Å². The van der Waals surface area contributed by atoms with Gasteiger partial charge in [0.15, 0.2) is 0 Å². The van der Waals surface area contributed by atoms with E-state index in [1.54, 1.807) is 44.0 Å². The third-order valence-corrected chi connectivity index (χ3v) is 21.8. The van der Waals surface area contributed by atoms with Crippen LogP contribution >= 0.6 is 23.2 Å². The maximum atomic E-state index is 13.9. The molecule has 0 saturated heterocycles. The summed E-state index contributed by atoms with van der Waals surface area (Å²) in [6.45, 7) is 17.9. The summed E-state index contributed by atoms with van der Waals surface area (Å²) in [5, 5.41) is 53.9. The molecule has 0 unspecified atom stereocenters. The molecule has 0 spiro atoms. The average molecular weight is 1970 g/mol. The molecule has 0 amide bonds. The Balaban J connectivity index is 0.000000196. The minimum atomic E-state index is -0.985. The fraction of sp³-hybridized carbons (Fsp3) is 0.250. The van der Waals surface area contributed by atoms with Gasteiger partial charge in [-0.1, -0.05) is 92.7 Å². The van der Waals surface area contributed by atoms with Crippen LogP contribution in [0.4, 0.5) is 83.5 Å². The molecule has 740 valence electrons. The van der Waals surface area contributed by atoms with E-state index in [0.29, 0.717) is 64.3 Å². The zero-order valence-corrected chi connectivity index (χ0v) is 83.1. The Morgan fingerprint density at radius 2 is 0.745 bits per heavy atom. The van der Waals surface area contributed by atoms with Gasteiger partial charge in [-0.25, -0.2) is 19.9 Å². The second-order valence-electron chi connectivity index (χ2n) is 32.2. The monoisotopic (exact) mass is 1970 g/mol. The summed E-state index contributed by atoms with van der Waals surface area (Å²) in [5.41, 5.74) is 22.7. The first-order chi connectivity index (χ1) is 67.5. The molecule has 8 N–H and O–H groups in total. The minimum absolute atomic E-state index is 0.0299. The first kappa shape index (κ1) is 109. The van der Waals surface area contributed by atoms with Crippen molar-refractivity contribution in [2.75, 3.05) is 162 Å². The van der Waals surface area contributed by atoms with E-state index in [9.17, 15) is 43.9 Å². The number of aromatic nitrogens is 12. The lowest BCUT2D eigenvalue weighted by molar-refractivity contribution is -0.387. The van der Waals surface area contributed by atoms with Crippen molar-refractivity contribution >= 4 is 147 Å². The van der Waals surface area contributed by atoms with Gasteiger partial charge in [0.2, 0.25) is 40.0 Å². The molecule has 0 atom stereocenters. The molecule has 0 bridgehead atoms. The molecular weight excluding hydrogens is 1850 g/mol. The second-order valence-corrected chi connectivity index (χ2v) is 32.9. The molecule has 8 aromatic heterocycles. The van der Waals surface area contributed by atoms with E-state index in [-0.39, 0.29) is 39.8 Å². The smallest absolute Gasteiger partial charge is 0.307 e. The average Bonchev–Trinajstić information content (AvgIpc) is 1.80. The predicted octanol–water partition coefficient (Wildman–Crippen LogP) is 19.6. The normalized spacial score (nSPS) is 10.6. The summed E-state index contributed by atoms with van der Waals surface area (Å²) in [5.74, 6) is 3.20. The topological polar surface area (TPSA) is 431 Å². The first-order valence-electron chi connectivity index (χ1n) is 43.8. The van der Waals surface area contributed by atoms with Gasteiger partial charge in [-0.2, -0.15) is 28.7 Å². The number of nitrogen functional groups attached to an aromatic ring is 2. The van der Waals surface area contributed by atoms with E-state index < -0.39 is 43.0 Å². The van der Waals surface area contributed by atoms with Crippen molar-refractivity contribution in [3.05, 3.63) is 302 Å². The highest BCUT2D eigenvalue weighted by Gasteiger charge is 2.26. The highest BCUT2D eigenvalue weighted by atomic mass is 35.5. The number of benzene rings is 8. The summed E-state index contributed by atoms with van der Waals surface area (Å²) in [7, 11) is 22.9. The number of aryl methyl sites for hydroxylation is 4. The van der Waals surface area contributed by atoms with Crippen LogP contribution in [0.1, 0.15) is 42.0 Å². The van der Waals surface area contributed by atoms with Crippen molar-refractivity contribution in [1.29, 1.82) is 0 Å². The van der Waals surface area contributed by atoms with Crippen molar-refractivity contribution in [1.82, 2.24) is 72.8 Å². The summed E-state index contributed by atoms with van der Waals surface area (Å²) in [4.78, 5) is 85.9. The standard InChI is InChI=1S/C25H29N7O3.C25H31N7O.C20H16FN5O3.C13H10ClN3.C7H7FN2O3.C6H15N.C3H3ClO.CH4O/c1-17-16-31(20-9-7-6-8-18(17)20)24-10-11-26-25(28-24)27-19-14-22(32(33)34)21(15-23(19)35-5)30(4)13-12-29(2)3;1-17-16-32(21-9-7-6-8-18(17)21)24-10-11-27-25(29-24)28-20-14-19(26)22(15-23(20)33-5)31(4)13-12-30(2)3;1-12-11-25(16-6-4-3-5-13(12)16)19-7-8-22-20(24-19)23-15-10-17(26(27)28)14(21)9-18(15)29-2;1-9-8-17(11-5-3-2-4-10(9)11)12-6-7-15-13(14)16-12;1-13-7-2-4(8)6(10(11)12)3-5(7)9;1-4-5-6-7(2)3;1-2-3(4)5;1-2/h6-11,14-16H,12-13H2,1-5H3,(H,26,27,28);6-11,14-16H,12-13,26H2,1-5H3,(H,27,28,29);3-11H,1-2H3,(H,22,23,24);2-8H,1H3;2-3H,9H2,1H3;4-6H2,1-3H3;2H,1H2;2H,1H3. The van der Waals surface area contributed by atoms with Crippen molar-refractivity contribution in [2.45, 2.75) is 47.5 Å². The Kier molecular flexibility index (Phi) is 40.0. The van der Waals surface area contributed by atoms with Gasteiger partial charge in [-0.05, 0) is 189 Å². The fourth-order valence-corrected chi connectivity index (χ4v) is 14.5. The van der Waals surface area contributed by atoms with Gasteiger partial charge < -0.3 is 94.2 Å². The van der Waals surface area contributed by atoms with E-state index in [1.165, 1.54) is 68.7 Å². The largest absolute Gasteiger partial charge is 0.494 e. The molecule has 0 aliphatic carbocycles. The Morgan fingerprint density at radius 1 is 0.440 bits per heavy atom. The summed E-state index contributed by atoms with van der Waals surface area (Å²) in [6, 6.07) is 50.6. The number of aliphatic hydroxyl groups is 1. The quantitative estimate of drug-likeness (QED) is 0.00633. The van der Waals surface area contributed by atoms with Crippen molar-refractivity contribution in [2.24, 2.45) is 0 Å². The van der Waals surface area contributed by atoms with E-state index in [2.05, 4.69) is 180 Å². The maximum absolute atomic E-state index is 13.9. The number of fused-ring (bicyclic) bond motifs is 4. The number of ether oxygens (including phenoxy) is 4. The van der Waals surface area contributed by atoms with Gasteiger partial charge in [-0.15, -0.1) is 0 Å². The van der Waals surface area contributed by atoms with E-state index in [0.717, 1.165) is 118 Å². The number of likely N-dealkylation sites (N-methyl/N-ethyl adjacent to an activating group) is 4. The lowest BCUT2D eigenvalue weighted by Gasteiger charge is -2.24. The second kappa shape index (κ2) is 51.9. The van der Waals surface area contributed by atoms with Gasteiger partial charge >= 0.3 is 11.4 Å². The fourth-order valence-electron chi connectivity index (χ4n) is 14.3. The Labute approximate surface area is 824 Å². The molecule has 41 heteroatoms. The lowest BCUT2D eigenvalue weighted by atomic mass is 10.2. The molecule has 0 aliphatic rings. The summed E-state index contributed by atoms with van der Waals surface area (Å²) < 4.78 is 55.8. The number of hydrogen-bond acceptors (Lipinski definition) is 30. The van der Waals surface area contributed by atoms with Crippen LogP contribution in [-0.2, 0) is 4.79 Å². The molecule has 8 aromatic carbocycles. The van der Waals surface area contributed by atoms with Crippen LogP contribution in [-0.4, -0.2) is 223 Å². The summed E-state index contributed by atoms with van der Waals surface area (Å²) >= 11 is 10.5. The molecule has 8 heterocycles. The number of carbonyl (C=O) groups excluding carboxylic acids is 1. The van der Waals surface area contributed by atoms with E-state index in [1.807, 2.05) is 168 Å². The van der Waals surface area contributed by atoms with Gasteiger partial charge in [0, 0.05) is 161 Å². The lowest BCUT2D eigenvalue weighted by Crippen LogP contribution is -2.29. The number of nitrogens with zero attached hydrogens (tertiary/aromatic N) is 20. The molecular formula is C100H115Cl2F2N25O12. The number of hydrogen-bond donors (Lipinski definition) is 6. The number of anilines is 10. The molecule has 0 saturated carbocycles. The number of nitro groups is 3. The van der Waals surface area contributed by atoms with Crippen molar-refractivity contribution < 1.29 is 52.4 Å². The molecule has 0 fully saturated rings. The Bertz CT molecular complexity index is 7000. The number of rotatable bonds is 29. The number of allylic oxidation sites excluding steroid dienone is 1. The SMILES string of the molecule is C=CC(=O)Cl.CCCCN(C)C.CO.COc1cc(F)c([N+](=O)[O-])cc1N.COc1cc(F)c([N+](=O)[O-])cc1Nc1nccc(-n2cc(C)c3ccccc32)n1.COc1cc(N(C)CCN(C)C)c(N)cc1Nc1nccc(-n2cc(C)c3ccccc32)n1.COc1cc(N(C)CCN(C)C)c([N+](=O)[O-])cc1Nc1nccc(-n2cc(C)c3ccccc32)n1.Cc1cn(-c2ccnc(Cl)n2)c2ccccc12. The van der Waals surface area contributed by atoms with Gasteiger partial charge in [-0.3, -0.25) is 35.1 Å². The van der Waals surface area contributed by atoms with Gasteiger partial charge in [0.05, 0.1) is 99.4 Å². The van der Waals surface area contributed by atoms with Crippen LogP contribution in [0.2, 0.25) is 5.28 Å². The van der Waals surface area contributed by atoms with Crippen LogP contribution in [0.3, 0.4) is 0 Å². The Morgan fingerprint density at radius 3 is 1.07 bits per heavy atom. The molecule has 16 rings (SSSR count). The summed E-state index contributed by atoms with van der Waals surface area (Å²) in [6.07, 6.45) is 18.4. The number of nitrogens with two attached hydrogens (primary N) is 2. The number of nitro benzene ring substituents is 3. The molecule has 0 radical (unpaired) electrons. The van der Waals surface area contributed by atoms with E-state index in [4.69, 9.17) is 59.0 Å². The number of nitrogens with one attached hydrogen (secondary N) is 3. The third kappa shape index (κ3) is 29.0.